The molecule has 1 fully saturated rings. The molecular formula is C23H25FN2O7S. The summed E-state index contributed by atoms with van der Waals surface area (Å²) in [6.45, 7) is 0.739. The van der Waals surface area contributed by atoms with Gasteiger partial charge in [-0.3, -0.25) is 9.59 Å². The van der Waals surface area contributed by atoms with E-state index in [1.165, 1.54) is 34.6 Å². The SMILES string of the molecule is O=C(COC(=O)C1CCN(S(=O)(=O)c2ccc3c(c2)OCCCO3)CC1)Nc1cccc(F)c1. The van der Waals surface area contributed by atoms with Crippen molar-refractivity contribution in [2.45, 2.75) is 24.2 Å². The highest BCUT2D eigenvalue weighted by Crippen LogP contribution is 2.33. The Morgan fingerprint density at radius 2 is 1.79 bits per heavy atom. The minimum Gasteiger partial charge on any atom is -0.490 e. The molecule has 0 saturated carbocycles. The summed E-state index contributed by atoms with van der Waals surface area (Å²) in [4.78, 5) is 24.4. The van der Waals surface area contributed by atoms with Gasteiger partial charge < -0.3 is 19.5 Å². The fraction of sp³-hybridized carbons (Fsp3) is 0.391. The van der Waals surface area contributed by atoms with Gasteiger partial charge in [-0.05, 0) is 43.2 Å². The number of sulfonamides is 1. The lowest BCUT2D eigenvalue weighted by molar-refractivity contribution is -0.152. The van der Waals surface area contributed by atoms with Crippen molar-refractivity contribution < 1.29 is 36.6 Å². The van der Waals surface area contributed by atoms with Gasteiger partial charge in [0.05, 0.1) is 24.0 Å². The number of rotatable bonds is 6. The highest BCUT2D eigenvalue weighted by atomic mass is 32.2. The first kappa shape index (κ1) is 24.0. The molecule has 1 saturated heterocycles. The number of carbonyl (C=O) groups excluding carboxylic acids is 2. The van der Waals surface area contributed by atoms with Crippen molar-refractivity contribution >= 4 is 27.6 Å². The lowest BCUT2D eigenvalue weighted by Gasteiger charge is -2.30. The molecule has 4 rings (SSSR count). The van der Waals surface area contributed by atoms with Gasteiger partial charge in [-0.2, -0.15) is 4.31 Å². The summed E-state index contributed by atoms with van der Waals surface area (Å²) >= 11 is 0. The topological polar surface area (TPSA) is 111 Å². The lowest BCUT2D eigenvalue weighted by Crippen LogP contribution is -2.40. The van der Waals surface area contributed by atoms with E-state index in [0.29, 0.717) is 31.1 Å². The maximum absolute atomic E-state index is 13.2. The van der Waals surface area contributed by atoms with Crippen molar-refractivity contribution in [2.24, 2.45) is 5.92 Å². The second-order valence-corrected chi connectivity index (χ2v) is 9.94. The summed E-state index contributed by atoms with van der Waals surface area (Å²) < 4.78 is 56.9. The molecule has 1 N–H and O–H groups in total. The number of fused-ring (bicyclic) bond motifs is 1. The van der Waals surface area contributed by atoms with Gasteiger partial charge in [-0.1, -0.05) is 6.07 Å². The number of benzene rings is 2. The van der Waals surface area contributed by atoms with E-state index in [9.17, 15) is 22.4 Å². The third kappa shape index (κ3) is 5.65. The van der Waals surface area contributed by atoms with E-state index in [1.54, 1.807) is 6.07 Å². The van der Waals surface area contributed by atoms with Crippen molar-refractivity contribution in [1.82, 2.24) is 4.31 Å². The third-order valence-corrected chi connectivity index (χ3v) is 7.49. The maximum Gasteiger partial charge on any atom is 0.309 e. The molecule has 0 bridgehead atoms. The molecule has 0 radical (unpaired) electrons. The maximum atomic E-state index is 13.2. The summed E-state index contributed by atoms with van der Waals surface area (Å²) in [7, 11) is -3.77. The number of nitrogens with one attached hydrogen (secondary N) is 1. The van der Waals surface area contributed by atoms with Gasteiger partial charge >= 0.3 is 5.97 Å². The normalized spacial score (nSPS) is 17.0. The van der Waals surface area contributed by atoms with Crippen LogP contribution >= 0.6 is 0 Å². The standard InChI is InChI=1S/C23H25FN2O7S/c24-17-3-1-4-18(13-17)25-22(27)15-33-23(28)16-7-9-26(10-8-16)34(29,30)19-5-6-20-21(14-19)32-12-2-11-31-20/h1,3-6,13-14,16H,2,7-12,15H2,(H,25,27). The van der Waals surface area contributed by atoms with Crippen molar-refractivity contribution in [2.75, 3.05) is 38.2 Å². The second kappa shape index (κ2) is 10.4. The van der Waals surface area contributed by atoms with Crippen LogP contribution in [-0.4, -0.2) is 57.5 Å². The minimum atomic E-state index is -3.77. The van der Waals surface area contributed by atoms with E-state index in [0.717, 1.165) is 6.07 Å². The molecule has 2 aliphatic heterocycles. The largest absolute Gasteiger partial charge is 0.490 e. The number of anilines is 1. The minimum absolute atomic E-state index is 0.104. The molecule has 34 heavy (non-hydrogen) atoms. The van der Waals surface area contributed by atoms with E-state index >= 15 is 0 Å². The summed E-state index contributed by atoms with van der Waals surface area (Å²) in [5.41, 5.74) is 0.259. The third-order valence-electron chi connectivity index (χ3n) is 5.60. The summed E-state index contributed by atoms with van der Waals surface area (Å²) in [5, 5.41) is 2.45. The molecule has 2 aromatic rings. The molecule has 2 aromatic carbocycles. The van der Waals surface area contributed by atoms with E-state index in [4.69, 9.17) is 14.2 Å². The van der Waals surface area contributed by atoms with Crippen LogP contribution in [0.3, 0.4) is 0 Å². The zero-order chi connectivity index (χ0) is 24.1. The summed E-state index contributed by atoms with van der Waals surface area (Å²) in [5.74, 6) is -1.26. The average molecular weight is 493 g/mol. The van der Waals surface area contributed by atoms with Gasteiger partial charge in [0.15, 0.2) is 18.1 Å². The Kier molecular flexibility index (Phi) is 7.32. The molecule has 11 heteroatoms. The molecule has 0 aromatic heterocycles. The first-order valence-corrected chi connectivity index (χ1v) is 12.4. The monoisotopic (exact) mass is 492 g/mol. The van der Waals surface area contributed by atoms with Crippen LogP contribution in [0, 0.1) is 11.7 Å². The quantitative estimate of drug-likeness (QED) is 0.617. The number of nitrogens with zero attached hydrogens (tertiary/aromatic N) is 1. The van der Waals surface area contributed by atoms with Gasteiger partial charge in [0.1, 0.15) is 5.82 Å². The Labute approximate surface area is 196 Å². The molecule has 1 amide bonds. The van der Waals surface area contributed by atoms with Crippen LogP contribution in [0.25, 0.3) is 0 Å². The number of hydrogen-bond acceptors (Lipinski definition) is 7. The Morgan fingerprint density at radius 3 is 2.53 bits per heavy atom. The Hall–Kier alpha value is -3.18. The number of esters is 1. The van der Waals surface area contributed by atoms with Crippen molar-refractivity contribution in [3.8, 4) is 11.5 Å². The molecule has 0 atom stereocenters. The second-order valence-electron chi connectivity index (χ2n) is 8.00. The van der Waals surface area contributed by atoms with Crippen LogP contribution in [0.2, 0.25) is 0 Å². The number of amides is 1. The smallest absolute Gasteiger partial charge is 0.309 e. The van der Waals surface area contributed by atoms with Gasteiger partial charge in [-0.25, -0.2) is 12.8 Å². The number of ether oxygens (including phenoxy) is 3. The van der Waals surface area contributed by atoms with Crippen molar-refractivity contribution in [3.05, 3.63) is 48.3 Å². The van der Waals surface area contributed by atoms with Crippen LogP contribution in [-0.2, 0) is 24.3 Å². The molecular weight excluding hydrogens is 467 g/mol. The predicted molar refractivity (Wildman–Crippen MR) is 120 cm³/mol. The van der Waals surface area contributed by atoms with Gasteiger partial charge in [0.2, 0.25) is 10.0 Å². The fourth-order valence-electron chi connectivity index (χ4n) is 3.80. The van der Waals surface area contributed by atoms with E-state index in [-0.39, 0.29) is 36.5 Å². The first-order valence-electron chi connectivity index (χ1n) is 10.9. The van der Waals surface area contributed by atoms with Crippen LogP contribution in [0.5, 0.6) is 11.5 Å². The van der Waals surface area contributed by atoms with E-state index in [1.807, 2.05) is 0 Å². The van der Waals surface area contributed by atoms with Crippen LogP contribution in [0.1, 0.15) is 19.3 Å². The zero-order valence-corrected chi connectivity index (χ0v) is 19.2. The molecule has 2 aliphatic rings. The van der Waals surface area contributed by atoms with Crippen LogP contribution < -0.4 is 14.8 Å². The zero-order valence-electron chi connectivity index (χ0n) is 18.4. The Morgan fingerprint density at radius 1 is 1.06 bits per heavy atom. The molecule has 0 aliphatic carbocycles. The molecule has 182 valence electrons. The Balaban J connectivity index is 1.29. The highest BCUT2D eigenvalue weighted by molar-refractivity contribution is 7.89. The van der Waals surface area contributed by atoms with Crippen LogP contribution in [0.15, 0.2) is 47.4 Å². The highest BCUT2D eigenvalue weighted by Gasteiger charge is 2.33. The van der Waals surface area contributed by atoms with Crippen LogP contribution in [0.4, 0.5) is 10.1 Å². The first-order chi connectivity index (χ1) is 16.3. The Bertz CT molecular complexity index is 1160. The molecule has 2 heterocycles. The lowest BCUT2D eigenvalue weighted by atomic mass is 9.98. The molecule has 0 unspecified atom stereocenters. The van der Waals surface area contributed by atoms with Crippen molar-refractivity contribution in [1.29, 1.82) is 0 Å². The van der Waals surface area contributed by atoms with Crippen molar-refractivity contribution in [3.63, 3.8) is 0 Å². The summed E-state index contributed by atoms with van der Waals surface area (Å²) in [6, 6.07) is 9.91. The van der Waals surface area contributed by atoms with E-state index in [2.05, 4.69) is 5.32 Å². The predicted octanol–water partition coefficient (Wildman–Crippen LogP) is 2.57. The summed E-state index contributed by atoms with van der Waals surface area (Å²) in [6.07, 6.45) is 1.26. The molecule has 9 nitrogen and oxygen atoms in total. The average Bonchev–Trinajstić information content (AvgIpc) is 3.07. The number of hydrogen-bond donors (Lipinski definition) is 1. The number of halogens is 1. The van der Waals surface area contributed by atoms with Gasteiger partial charge in [0.25, 0.3) is 5.91 Å². The fourth-order valence-corrected chi connectivity index (χ4v) is 5.29. The molecule has 0 spiro atoms. The number of piperidine rings is 1. The van der Waals surface area contributed by atoms with Gasteiger partial charge in [0, 0.05) is 31.3 Å². The van der Waals surface area contributed by atoms with Gasteiger partial charge in [-0.15, -0.1) is 0 Å². The van der Waals surface area contributed by atoms with E-state index < -0.39 is 40.2 Å². The number of carbonyl (C=O) groups is 2.